The highest BCUT2D eigenvalue weighted by Crippen LogP contribution is 2.21. The third kappa shape index (κ3) is 2.93. The average molecular weight is 253 g/mol. The van der Waals surface area contributed by atoms with Gasteiger partial charge in [0.2, 0.25) is 0 Å². The summed E-state index contributed by atoms with van der Waals surface area (Å²) in [5, 5.41) is 8.62. The molecule has 1 fully saturated rings. The first-order valence-corrected chi connectivity index (χ1v) is 6.79. The fraction of sp³-hybridized carbons (Fsp3) is 0.400. The predicted octanol–water partition coefficient (Wildman–Crippen LogP) is 0.118. The van der Waals surface area contributed by atoms with Crippen LogP contribution >= 0.6 is 0 Å². The molecule has 7 heteroatoms. The van der Waals surface area contributed by atoms with Crippen LogP contribution < -0.4 is 4.90 Å². The summed E-state index contributed by atoms with van der Waals surface area (Å²) in [6, 6.07) is 5.39. The molecule has 0 N–H and O–H groups in total. The molecular formula is C10H11N3O3S. The maximum Gasteiger partial charge on any atom is 0.264 e. The van der Waals surface area contributed by atoms with Gasteiger partial charge in [-0.15, -0.1) is 0 Å². The van der Waals surface area contributed by atoms with Crippen molar-refractivity contribution in [2.45, 2.75) is 6.10 Å². The number of hydrogen-bond donors (Lipinski definition) is 0. The maximum atomic E-state index is 10.9. The van der Waals surface area contributed by atoms with E-state index < -0.39 is 10.1 Å². The van der Waals surface area contributed by atoms with Gasteiger partial charge >= 0.3 is 0 Å². The lowest BCUT2D eigenvalue weighted by Gasteiger charge is -2.38. The van der Waals surface area contributed by atoms with Gasteiger partial charge in [0.05, 0.1) is 11.8 Å². The average Bonchev–Trinajstić information content (AvgIpc) is 2.22. The van der Waals surface area contributed by atoms with E-state index in [0.29, 0.717) is 18.7 Å². The van der Waals surface area contributed by atoms with E-state index in [1.54, 1.807) is 12.1 Å². The van der Waals surface area contributed by atoms with Gasteiger partial charge in [0, 0.05) is 19.3 Å². The molecule has 0 amide bonds. The predicted molar refractivity (Wildman–Crippen MR) is 60.9 cm³/mol. The topological polar surface area (TPSA) is 83.3 Å². The van der Waals surface area contributed by atoms with E-state index in [2.05, 4.69) is 4.98 Å². The van der Waals surface area contributed by atoms with Crippen LogP contribution in [0.2, 0.25) is 0 Å². The lowest BCUT2D eigenvalue weighted by atomic mass is 10.1. The monoisotopic (exact) mass is 253 g/mol. The molecule has 2 rings (SSSR count). The Hall–Kier alpha value is -1.65. The summed E-state index contributed by atoms with van der Waals surface area (Å²) in [7, 11) is -3.39. The third-order valence-corrected chi connectivity index (χ3v) is 2.98. The van der Waals surface area contributed by atoms with Crippen LogP contribution in [0.3, 0.4) is 0 Å². The summed E-state index contributed by atoms with van der Waals surface area (Å²) < 4.78 is 26.6. The molecule has 1 aliphatic rings. The van der Waals surface area contributed by atoms with E-state index in [9.17, 15) is 8.42 Å². The Kier molecular flexibility index (Phi) is 3.00. The van der Waals surface area contributed by atoms with Crippen molar-refractivity contribution in [3.05, 3.63) is 23.9 Å². The summed E-state index contributed by atoms with van der Waals surface area (Å²) in [5.41, 5.74) is 0.498. The van der Waals surface area contributed by atoms with Gasteiger partial charge in [-0.1, -0.05) is 0 Å². The molecule has 1 aliphatic heterocycles. The molecule has 0 aromatic carbocycles. The third-order valence-electron chi connectivity index (χ3n) is 2.36. The molecule has 90 valence electrons. The fourth-order valence-corrected chi connectivity index (χ4v) is 2.19. The highest BCUT2D eigenvalue weighted by Gasteiger charge is 2.31. The van der Waals surface area contributed by atoms with Crippen LogP contribution in [0.1, 0.15) is 5.56 Å². The Morgan fingerprint density at radius 3 is 2.71 bits per heavy atom. The van der Waals surface area contributed by atoms with Crippen molar-refractivity contribution in [2.24, 2.45) is 0 Å². The molecule has 1 aromatic heterocycles. The van der Waals surface area contributed by atoms with Crippen LogP contribution in [0.4, 0.5) is 5.82 Å². The van der Waals surface area contributed by atoms with Crippen LogP contribution in [0.25, 0.3) is 0 Å². The van der Waals surface area contributed by atoms with Crippen LogP contribution in [-0.4, -0.2) is 38.9 Å². The second-order valence-corrected chi connectivity index (χ2v) is 5.44. The lowest BCUT2D eigenvalue weighted by molar-refractivity contribution is 0.176. The van der Waals surface area contributed by atoms with E-state index in [1.165, 1.54) is 6.20 Å². The first-order chi connectivity index (χ1) is 7.98. The summed E-state index contributed by atoms with van der Waals surface area (Å²) in [4.78, 5) is 5.99. The van der Waals surface area contributed by atoms with Crippen LogP contribution in [0.5, 0.6) is 0 Å². The number of rotatable bonds is 3. The molecule has 0 saturated carbocycles. The molecule has 0 spiro atoms. The molecule has 0 unspecified atom stereocenters. The Balaban J connectivity index is 1.93. The van der Waals surface area contributed by atoms with Gasteiger partial charge in [-0.3, -0.25) is 4.18 Å². The van der Waals surface area contributed by atoms with Crippen molar-refractivity contribution in [1.82, 2.24) is 4.98 Å². The minimum absolute atomic E-state index is 0.303. The van der Waals surface area contributed by atoms with Crippen molar-refractivity contribution in [1.29, 1.82) is 5.26 Å². The van der Waals surface area contributed by atoms with Gasteiger partial charge in [0.15, 0.2) is 0 Å². The lowest BCUT2D eigenvalue weighted by Crippen LogP contribution is -2.53. The Bertz CT molecular complexity index is 541. The smallest absolute Gasteiger partial charge is 0.264 e. The molecule has 6 nitrogen and oxygen atoms in total. The summed E-state index contributed by atoms with van der Waals surface area (Å²) >= 11 is 0. The zero-order valence-corrected chi connectivity index (χ0v) is 10.0. The Morgan fingerprint density at radius 1 is 1.53 bits per heavy atom. The highest BCUT2D eigenvalue weighted by molar-refractivity contribution is 7.86. The molecule has 17 heavy (non-hydrogen) atoms. The van der Waals surface area contributed by atoms with Crippen LogP contribution in [-0.2, 0) is 14.3 Å². The van der Waals surface area contributed by atoms with E-state index in [4.69, 9.17) is 9.44 Å². The standard InChI is InChI=1S/C10H11N3O3S/c1-17(14,15)16-9-6-13(7-9)10-3-2-8(4-11)5-12-10/h2-3,5,9H,6-7H2,1H3. The van der Waals surface area contributed by atoms with Gasteiger partial charge in [-0.2, -0.15) is 13.7 Å². The van der Waals surface area contributed by atoms with E-state index in [0.717, 1.165) is 12.1 Å². The quantitative estimate of drug-likeness (QED) is 0.711. The molecule has 1 aromatic rings. The summed E-state index contributed by atoms with van der Waals surface area (Å²) in [6.07, 6.45) is 2.22. The molecule has 1 saturated heterocycles. The summed E-state index contributed by atoms with van der Waals surface area (Å²) in [6.45, 7) is 0.984. The molecular weight excluding hydrogens is 242 g/mol. The Labute approximate surface area is 99.6 Å². The Morgan fingerprint density at radius 2 is 2.24 bits per heavy atom. The SMILES string of the molecule is CS(=O)(=O)OC1CN(c2ccc(C#N)cn2)C1. The zero-order chi connectivity index (χ0) is 12.5. The highest BCUT2D eigenvalue weighted by atomic mass is 32.2. The van der Waals surface area contributed by atoms with E-state index in [1.807, 2.05) is 11.0 Å². The van der Waals surface area contributed by atoms with Gasteiger partial charge in [-0.25, -0.2) is 4.98 Å². The number of anilines is 1. The molecule has 0 atom stereocenters. The van der Waals surface area contributed by atoms with Gasteiger partial charge in [0.25, 0.3) is 10.1 Å². The number of aromatic nitrogens is 1. The first-order valence-electron chi connectivity index (χ1n) is 4.97. The van der Waals surface area contributed by atoms with Crippen LogP contribution in [0.15, 0.2) is 18.3 Å². The molecule has 2 heterocycles. The number of hydrogen-bond acceptors (Lipinski definition) is 6. The minimum Gasteiger partial charge on any atom is -0.351 e. The van der Waals surface area contributed by atoms with E-state index >= 15 is 0 Å². The van der Waals surface area contributed by atoms with Crippen molar-refractivity contribution in [3.8, 4) is 6.07 Å². The zero-order valence-electron chi connectivity index (χ0n) is 9.20. The molecule has 0 bridgehead atoms. The van der Waals surface area contributed by atoms with E-state index in [-0.39, 0.29) is 6.10 Å². The maximum absolute atomic E-state index is 10.9. The number of nitrogens with zero attached hydrogens (tertiary/aromatic N) is 3. The van der Waals surface area contributed by atoms with Gasteiger partial charge < -0.3 is 4.90 Å². The second kappa shape index (κ2) is 4.31. The molecule has 0 radical (unpaired) electrons. The fourth-order valence-electron chi connectivity index (χ4n) is 1.57. The minimum atomic E-state index is -3.39. The van der Waals surface area contributed by atoms with Gasteiger partial charge in [-0.05, 0) is 12.1 Å². The van der Waals surface area contributed by atoms with Crippen LogP contribution in [0, 0.1) is 11.3 Å². The van der Waals surface area contributed by atoms with Crippen molar-refractivity contribution < 1.29 is 12.6 Å². The number of nitriles is 1. The van der Waals surface area contributed by atoms with Crippen molar-refractivity contribution in [3.63, 3.8) is 0 Å². The first kappa shape index (κ1) is 11.8. The largest absolute Gasteiger partial charge is 0.351 e. The normalized spacial score (nSPS) is 16.4. The molecule has 0 aliphatic carbocycles. The second-order valence-electron chi connectivity index (χ2n) is 3.84. The van der Waals surface area contributed by atoms with Crippen molar-refractivity contribution >= 4 is 15.9 Å². The number of pyridine rings is 1. The summed E-state index contributed by atoms with van der Waals surface area (Å²) in [5.74, 6) is 0.720. The van der Waals surface area contributed by atoms with Crippen molar-refractivity contribution in [2.75, 3.05) is 24.2 Å². The van der Waals surface area contributed by atoms with Gasteiger partial charge in [0.1, 0.15) is 18.0 Å².